The Morgan fingerprint density at radius 2 is 1.33 bits per heavy atom. The zero-order chi connectivity index (χ0) is 38.3. The van der Waals surface area contributed by atoms with Crippen molar-refractivity contribution < 1.29 is 52.4 Å². The van der Waals surface area contributed by atoms with Crippen molar-refractivity contribution in [3.63, 3.8) is 0 Å². The Hall–Kier alpha value is -5.14. The summed E-state index contributed by atoms with van der Waals surface area (Å²) in [6.45, 7) is 2.82. The Morgan fingerprint density at radius 3 is 1.79 bits per heavy atom. The number of rotatable bonds is 25. The van der Waals surface area contributed by atoms with Crippen molar-refractivity contribution in [3.8, 4) is 5.75 Å². The molecule has 0 aliphatic carbocycles. The number of ether oxygens (including phenoxy) is 1. The third-order valence-electron chi connectivity index (χ3n) is 8.19. The van der Waals surface area contributed by atoms with Crippen LogP contribution < -0.4 is 15.2 Å². The number of unbranched alkanes of at least 4 members (excludes halogenated alkanes) is 1. The molecule has 0 unspecified atom stereocenters. The van der Waals surface area contributed by atoms with E-state index >= 15 is 0 Å². The van der Waals surface area contributed by atoms with E-state index in [1.165, 1.54) is 37.4 Å². The van der Waals surface area contributed by atoms with Crippen molar-refractivity contribution in [2.45, 2.75) is 94.9 Å². The number of amides is 1. The smallest absolute Gasteiger partial charge is 0.303 e. The van der Waals surface area contributed by atoms with E-state index in [2.05, 4.69) is 15.3 Å². The van der Waals surface area contributed by atoms with E-state index in [4.69, 9.17) is 9.88 Å². The molecular formula is C33H45N7O11S. The Labute approximate surface area is 300 Å². The number of carboxylic acids is 3. The summed E-state index contributed by atoms with van der Waals surface area (Å²) in [5.74, 6) is -2.52. The van der Waals surface area contributed by atoms with Crippen LogP contribution >= 0.6 is 0 Å². The van der Waals surface area contributed by atoms with Crippen LogP contribution in [0.5, 0.6) is 5.75 Å². The van der Waals surface area contributed by atoms with Crippen LogP contribution in [0.3, 0.4) is 0 Å². The molecule has 52 heavy (non-hydrogen) atoms. The molecule has 3 rings (SSSR count). The standard InChI is InChI=1S/C33H45N7O11S/c1-24(41)20-39-17-14-35-27(39)21-38(16-2-3-19-51-25-4-6-26(7-5-25)52(34,49)50)22-28-36-15-18-40(28)23-29(42)37-33(11-8-30(43)44,12-9-31(45)46)13-10-32(47)48/h4-7,14-15,17-18H,2-3,8-13,16,19-23H2,1H3,(H,37,42)(H,43,44)(H,45,46)(H,47,48)(H2,34,49,50). The lowest BCUT2D eigenvalue weighted by molar-refractivity contribution is -0.139. The molecule has 2 heterocycles. The van der Waals surface area contributed by atoms with E-state index in [1.54, 1.807) is 27.7 Å². The van der Waals surface area contributed by atoms with Crippen molar-refractivity contribution in [3.05, 3.63) is 60.7 Å². The first kappa shape index (κ1) is 41.3. The number of ketones is 1. The van der Waals surface area contributed by atoms with Gasteiger partial charge in [-0.15, -0.1) is 0 Å². The van der Waals surface area contributed by atoms with Gasteiger partial charge < -0.3 is 34.5 Å². The van der Waals surface area contributed by atoms with Crippen molar-refractivity contribution >= 4 is 39.6 Å². The molecule has 0 aliphatic rings. The van der Waals surface area contributed by atoms with Gasteiger partial charge in [0.25, 0.3) is 0 Å². The fraction of sp³-hybridized carbons (Fsp3) is 0.485. The van der Waals surface area contributed by atoms with E-state index in [0.717, 1.165) is 0 Å². The second-order valence-corrected chi connectivity index (χ2v) is 14.0. The predicted molar refractivity (Wildman–Crippen MR) is 183 cm³/mol. The Kier molecular flexibility index (Phi) is 15.5. The maximum atomic E-state index is 13.4. The maximum Gasteiger partial charge on any atom is 0.303 e. The first-order chi connectivity index (χ1) is 24.5. The summed E-state index contributed by atoms with van der Waals surface area (Å²) in [6.07, 6.45) is 6.01. The molecule has 0 bridgehead atoms. The Morgan fingerprint density at radius 1 is 0.827 bits per heavy atom. The summed E-state index contributed by atoms with van der Waals surface area (Å²) >= 11 is 0. The number of carboxylic acid groups (broad SMARTS) is 3. The number of carbonyl (C=O) groups excluding carboxylic acids is 2. The van der Waals surface area contributed by atoms with Crippen LogP contribution in [0.2, 0.25) is 0 Å². The molecule has 19 heteroatoms. The summed E-state index contributed by atoms with van der Waals surface area (Å²) in [7, 11) is -3.82. The van der Waals surface area contributed by atoms with Crippen molar-refractivity contribution in [1.29, 1.82) is 0 Å². The van der Waals surface area contributed by atoms with Crippen molar-refractivity contribution in [1.82, 2.24) is 29.3 Å². The largest absolute Gasteiger partial charge is 0.494 e. The molecule has 1 amide bonds. The monoisotopic (exact) mass is 747 g/mol. The van der Waals surface area contributed by atoms with Crippen LogP contribution in [-0.4, -0.2) is 96.0 Å². The number of carbonyl (C=O) groups is 5. The van der Waals surface area contributed by atoms with Crippen LogP contribution in [0.25, 0.3) is 0 Å². The van der Waals surface area contributed by atoms with Gasteiger partial charge in [-0.2, -0.15) is 0 Å². The van der Waals surface area contributed by atoms with Crippen molar-refractivity contribution in [2.75, 3.05) is 13.2 Å². The highest BCUT2D eigenvalue weighted by molar-refractivity contribution is 7.89. The van der Waals surface area contributed by atoms with Gasteiger partial charge in [0.1, 0.15) is 29.7 Å². The summed E-state index contributed by atoms with van der Waals surface area (Å²) in [5, 5.41) is 35.8. The number of nitrogens with two attached hydrogens (primary N) is 1. The molecule has 3 aromatic rings. The average Bonchev–Trinajstić information content (AvgIpc) is 3.69. The Balaban J connectivity index is 1.73. The van der Waals surface area contributed by atoms with Gasteiger partial charge in [0.05, 0.1) is 31.1 Å². The van der Waals surface area contributed by atoms with Crippen LogP contribution in [0.1, 0.15) is 69.9 Å². The van der Waals surface area contributed by atoms with E-state index in [9.17, 15) is 47.7 Å². The van der Waals surface area contributed by atoms with Gasteiger partial charge in [-0.25, -0.2) is 23.5 Å². The lowest BCUT2D eigenvalue weighted by Gasteiger charge is -2.34. The second kappa shape index (κ2) is 19.5. The van der Waals surface area contributed by atoms with E-state index in [-0.39, 0.29) is 49.6 Å². The number of nitrogens with zero attached hydrogens (tertiary/aromatic N) is 5. The fourth-order valence-electron chi connectivity index (χ4n) is 5.57. The predicted octanol–water partition coefficient (Wildman–Crippen LogP) is 1.63. The number of aliphatic carboxylic acids is 3. The molecule has 0 saturated carbocycles. The van der Waals surface area contributed by atoms with Gasteiger partial charge in [-0.3, -0.25) is 28.9 Å². The number of benzene rings is 1. The highest BCUT2D eigenvalue weighted by atomic mass is 32.2. The average molecular weight is 748 g/mol. The topological polar surface area (TPSA) is 266 Å². The molecule has 0 atom stereocenters. The quantitative estimate of drug-likeness (QED) is 0.0772. The van der Waals surface area contributed by atoms with E-state index < -0.39 is 58.6 Å². The SMILES string of the molecule is CC(=O)Cn1ccnc1CN(CCCCOc1ccc(S(N)(=O)=O)cc1)Cc1nccn1CC(=O)NC(CCC(=O)O)(CCC(=O)O)CCC(=O)O. The Bertz CT molecular complexity index is 1740. The van der Waals surface area contributed by atoms with Gasteiger partial charge in [-0.05, 0) is 69.8 Å². The van der Waals surface area contributed by atoms with E-state index in [1.807, 2.05) is 4.90 Å². The lowest BCUT2D eigenvalue weighted by Crippen LogP contribution is -2.50. The molecule has 18 nitrogen and oxygen atoms in total. The number of hydrogen-bond donors (Lipinski definition) is 5. The third kappa shape index (κ3) is 14.2. The normalized spacial score (nSPS) is 11.8. The second-order valence-electron chi connectivity index (χ2n) is 12.4. The number of nitrogens with one attached hydrogen (secondary N) is 1. The molecule has 0 aliphatic heterocycles. The van der Waals surface area contributed by atoms with Crippen LogP contribution in [0, 0.1) is 0 Å². The lowest BCUT2D eigenvalue weighted by atomic mass is 9.83. The minimum absolute atomic E-state index is 0.0247. The molecular weight excluding hydrogens is 702 g/mol. The highest BCUT2D eigenvalue weighted by Gasteiger charge is 2.34. The molecule has 6 N–H and O–H groups in total. The number of aromatic nitrogens is 4. The van der Waals surface area contributed by atoms with Gasteiger partial charge in [0, 0.05) is 49.6 Å². The van der Waals surface area contributed by atoms with Gasteiger partial charge in [0.2, 0.25) is 15.9 Å². The van der Waals surface area contributed by atoms with Gasteiger partial charge >= 0.3 is 17.9 Å². The third-order valence-corrected chi connectivity index (χ3v) is 9.12. The van der Waals surface area contributed by atoms with Gasteiger partial charge in [-0.1, -0.05) is 0 Å². The van der Waals surface area contributed by atoms with Gasteiger partial charge in [0.15, 0.2) is 0 Å². The molecule has 0 radical (unpaired) electrons. The fourth-order valence-corrected chi connectivity index (χ4v) is 6.08. The van der Waals surface area contributed by atoms with Crippen LogP contribution in [0.15, 0.2) is 53.9 Å². The summed E-state index contributed by atoms with van der Waals surface area (Å²) in [4.78, 5) is 70.4. The summed E-state index contributed by atoms with van der Waals surface area (Å²) in [5.41, 5.74) is -1.38. The summed E-state index contributed by atoms with van der Waals surface area (Å²) in [6, 6.07) is 5.76. The molecule has 0 spiro atoms. The number of sulfonamides is 1. The molecule has 0 fully saturated rings. The summed E-state index contributed by atoms with van der Waals surface area (Å²) < 4.78 is 32.1. The van der Waals surface area contributed by atoms with Crippen LogP contribution in [0.4, 0.5) is 0 Å². The van der Waals surface area contributed by atoms with Crippen LogP contribution in [-0.2, 0) is 60.2 Å². The first-order valence-corrected chi connectivity index (χ1v) is 18.0. The molecule has 1 aromatic carbocycles. The molecule has 284 valence electrons. The molecule has 2 aromatic heterocycles. The minimum Gasteiger partial charge on any atom is -0.494 e. The van der Waals surface area contributed by atoms with Crippen molar-refractivity contribution in [2.24, 2.45) is 5.14 Å². The first-order valence-electron chi connectivity index (χ1n) is 16.5. The van der Waals surface area contributed by atoms with E-state index in [0.29, 0.717) is 49.9 Å². The minimum atomic E-state index is -3.82. The number of hydrogen-bond acceptors (Lipinski definition) is 11. The molecule has 0 saturated heterocycles. The highest BCUT2D eigenvalue weighted by Crippen LogP contribution is 2.26. The zero-order valence-electron chi connectivity index (χ0n) is 28.8. The number of imidazole rings is 2. The number of Topliss-reactive ketones (excluding diaryl/α,β-unsaturated/α-hetero) is 1. The zero-order valence-corrected chi connectivity index (χ0v) is 29.7. The number of primary sulfonamides is 1. The maximum absolute atomic E-state index is 13.4.